The second-order valence-electron chi connectivity index (χ2n) is 7.31. The minimum atomic E-state index is -3.78. The van der Waals surface area contributed by atoms with Crippen molar-refractivity contribution in [3.05, 3.63) is 83.4 Å². The zero-order valence-electron chi connectivity index (χ0n) is 17.5. The summed E-state index contributed by atoms with van der Waals surface area (Å²) in [5.74, 6) is 0.246. The van der Waals surface area contributed by atoms with Gasteiger partial charge in [0.15, 0.2) is 0 Å². The molecular weight excluding hydrogens is 400 g/mol. The van der Waals surface area contributed by atoms with Crippen molar-refractivity contribution in [2.45, 2.75) is 24.8 Å². The van der Waals surface area contributed by atoms with E-state index in [2.05, 4.69) is 10.3 Å². The van der Waals surface area contributed by atoms with Gasteiger partial charge in [0.1, 0.15) is 11.9 Å². The molecule has 1 unspecified atom stereocenters. The van der Waals surface area contributed by atoms with Gasteiger partial charge < -0.3 is 9.88 Å². The molecule has 0 saturated heterocycles. The molecule has 0 bridgehead atoms. The second-order valence-corrected chi connectivity index (χ2v) is 9.36. The van der Waals surface area contributed by atoms with Crippen LogP contribution in [0.3, 0.4) is 0 Å². The Bertz CT molecular complexity index is 1140. The van der Waals surface area contributed by atoms with Gasteiger partial charge in [-0.1, -0.05) is 36.4 Å². The number of hydrogen-bond donors (Lipinski definition) is 1. The molecule has 8 heteroatoms. The molecule has 158 valence electrons. The number of carbonyl (C=O) groups excluding carboxylic acids is 1. The van der Waals surface area contributed by atoms with Crippen LogP contribution in [0.4, 0.5) is 0 Å². The molecule has 0 aliphatic carbocycles. The smallest absolute Gasteiger partial charge is 0.243 e. The van der Waals surface area contributed by atoms with Crippen LogP contribution in [0, 0.1) is 13.8 Å². The van der Waals surface area contributed by atoms with Crippen molar-refractivity contribution in [3.63, 3.8) is 0 Å². The quantitative estimate of drug-likeness (QED) is 0.629. The number of hydrogen-bond acceptors (Lipinski definition) is 4. The average molecular weight is 427 g/mol. The fraction of sp³-hybridized carbons (Fsp3) is 0.273. The van der Waals surface area contributed by atoms with Crippen LogP contribution < -0.4 is 5.32 Å². The summed E-state index contributed by atoms with van der Waals surface area (Å²) in [7, 11) is -0.531. The standard InChI is InChI=1S/C22H26N4O3S/c1-16-10-11-19(14-17(16)2)30(28,29)26(4)15-20(27)24-21(18-8-6-5-7-9-18)22-23-12-13-25(22)3/h5-14,21H,15H2,1-4H3,(H,24,27). The summed E-state index contributed by atoms with van der Waals surface area (Å²) in [5, 5.41) is 2.92. The molecule has 2 aromatic carbocycles. The van der Waals surface area contributed by atoms with Gasteiger partial charge in [0.2, 0.25) is 15.9 Å². The monoisotopic (exact) mass is 426 g/mol. The van der Waals surface area contributed by atoms with Crippen molar-refractivity contribution < 1.29 is 13.2 Å². The van der Waals surface area contributed by atoms with E-state index in [1.807, 2.05) is 55.8 Å². The molecule has 0 spiro atoms. The fourth-order valence-corrected chi connectivity index (χ4v) is 4.36. The van der Waals surface area contributed by atoms with Crippen molar-refractivity contribution in [1.82, 2.24) is 19.2 Å². The number of benzene rings is 2. The van der Waals surface area contributed by atoms with Gasteiger partial charge in [0, 0.05) is 26.5 Å². The lowest BCUT2D eigenvalue weighted by Gasteiger charge is -2.22. The van der Waals surface area contributed by atoms with Crippen molar-refractivity contribution in [1.29, 1.82) is 0 Å². The SMILES string of the molecule is Cc1ccc(S(=O)(=O)N(C)CC(=O)NC(c2ccccc2)c2nccn2C)cc1C. The highest BCUT2D eigenvalue weighted by Crippen LogP contribution is 2.21. The summed E-state index contributed by atoms with van der Waals surface area (Å²) in [6.07, 6.45) is 3.46. The highest BCUT2D eigenvalue weighted by molar-refractivity contribution is 7.89. The Morgan fingerprint density at radius 3 is 2.43 bits per heavy atom. The van der Waals surface area contributed by atoms with Gasteiger partial charge in [-0.3, -0.25) is 4.79 Å². The average Bonchev–Trinajstić information content (AvgIpc) is 3.14. The summed E-state index contributed by atoms with van der Waals surface area (Å²) in [6, 6.07) is 13.9. The van der Waals surface area contributed by atoms with Crippen LogP contribution >= 0.6 is 0 Å². The number of amides is 1. The van der Waals surface area contributed by atoms with E-state index in [1.54, 1.807) is 30.6 Å². The third-order valence-electron chi connectivity index (χ3n) is 5.11. The molecule has 3 rings (SSSR count). The number of nitrogens with zero attached hydrogens (tertiary/aromatic N) is 3. The van der Waals surface area contributed by atoms with E-state index in [4.69, 9.17) is 0 Å². The maximum absolute atomic E-state index is 12.9. The molecule has 1 atom stereocenters. The van der Waals surface area contributed by atoms with Crippen LogP contribution in [0.5, 0.6) is 0 Å². The maximum Gasteiger partial charge on any atom is 0.243 e. The van der Waals surface area contributed by atoms with Crippen LogP contribution in [0.15, 0.2) is 65.8 Å². The van der Waals surface area contributed by atoms with Gasteiger partial charge >= 0.3 is 0 Å². The molecule has 0 radical (unpaired) electrons. The van der Waals surface area contributed by atoms with Gasteiger partial charge in [0.05, 0.1) is 11.4 Å². The van der Waals surface area contributed by atoms with Crippen molar-refractivity contribution >= 4 is 15.9 Å². The first kappa shape index (κ1) is 21.7. The number of aromatic nitrogens is 2. The Labute approximate surface area is 177 Å². The Kier molecular flexibility index (Phi) is 6.38. The number of aryl methyl sites for hydroxylation is 3. The highest BCUT2D eigenvalue weighted by atomic mass is 32.2. The Morgan fingerprint density at radius 1 is 1.13 bits per heavy atom. The lowest BCUT2D eigenvalue weighted by atomic mass is 10.1. The lowest BCUT2D eigenvalue weighted by Crippen LogP contribution is -2.40. The van der Waals surface area contributed by atoms with Crippen LogP contribution in [0.2, 0.25) is 0 Å². The summed E-state index contributed by atoms with van der Waals surface area (Å²) in [6.45, 7) is 3.48. The third-order valence-corrected chi connectivity index (χ3v) is 6.91. The zero-order chi connectivity index (χ0) is 21.9. The summed E-state index contributed by atoms with van der Waals surface area (Å²) in [4.78, 5) is 17.3. The van der Waals surface area contributed by atoms with Crippen molar-refractivity contribution in [3.8, 4) is 0 Å². The molecular formula is C22H26N4O3S. The molecule has 0 saturated carbocycles. The van der Waals surface area contributed by atoms with Gasteiger partial charge in [-0.15, -0.1) is 0 Å². The molecule has 7 nitrogen and oxygen atoms in total. The van der Waals surface area contributed by atoms with Crippen LogP contribution in [0.25, 0.3) is 0 Å². The predicted octanol–water partition coefficient (Wildman–Crippen LogP) is 2.56. The number of rotatable bonds is 7. The lowest BCUT2D eigenvalue weighted by molar-refractivity contribution is -0.121. The van der Waals surface area contributed by atoms with Gasteiger partial charge in [-0.2, -0.15) is 4.31 Å². The van der Waals surface area contributed by atoms with Crippen LogP contribution in [0.1, 0.15) is 28.6 Å². The summed E-state index contributed by atoms with van der Waals surface area (Å²) < 4.78 is 28.7. The normalized spacial score (nSPS) is 12.7. The molecule has 1 amide bonds. The van der Waals surface area contributed by atoms with E-state index < -0.39 is 22.0 Å². The first-order valence-corrected chi connectivity index (χ1v) is 11.0. The van der Waals surface area contributed by atoms with E-state index in [-0.39, 0.29) is 11.4 Å². The molecule has 1 N–H and O–H groups in total. The van der Waals surface area contributed by atoms with E-state index in [0.29, 0.717) is 5.82 Å². The fourth-order valence-electron chi connectivity index (χ4n) is 3.15. The minimum absolute atomic E-state index is 0.171. The minimum Gasteiger partial charge on any atom is -0.341 e. The molecule has 0 fully saturated rings. The number of nitrogens with one attached hydrogen (secondary N) is 1. The van der Waals surface area contributed by atoms with Crippen LogP contribution in [-0.4, -0.2) is 41.8 Å². The van der Waals surface area contributed by atoms with Crippen molar-refractivity contribution in [2.24, 2.45) is 7.05 Å². The summed E-state index contributed by atoms with van der Waals surface area (Å²) in [5.41, 5.74) is 2.75. The molecule has 30 heavy (non-hydrogen) atoms. The first-order valence-electron chi connectivity index (χ1n) is 9.55. The van der Waals surface area contributed by atoms with E-state index in [9.17, 15) is 13.2 Å². The molecule has 1 heterocycles. The van der Waals surface area contributed by atoms with Gasteiger partial charge in [-0.05, 0) is 42.7 Å². The Morgan fingerprint density at radius 2 is 1.83 bits per heavy atom. The molecule has 3 aromatic rings. The molecule has 1 aromatic heterocycles. The van der Waals surface area contributed by atoms with E-state index >= 15 is 0 Å². The second kappa shape index (κ2) is 8.81. The maximum atomic E-state index is 12.9. The highest BCUT2D eigenvalue weighted by Gasteiger charge is 2.26. The number of imidazole rings is 1. The largest absolute Gasteiger partial charge is 0.341 e. The first-order chi connectivity index (χ1) is 14.2. The predicted molar refractivity (Wildman–Crippen MR) is 115 cm³/mol. The van der Waals surface area contributed by atoms with E-state index in [1.165, 1.54) is 7.05 Å². The number of carbonyl (C=O) groups is 1. The topological polar surface area (TPSA) is 84.3 Å². The van der Waals surface area contributed by atoms with Crippen molar-refractivity contribution in [2.75, 3.05) is 13.6 Å². The number of likely N-dealkylation sites (N-methyl/N-ethyl adjacent to an activating group) is 1. The van der Waals surface area contributed by atoms with Crippen LogP contribution in [-0.2, 0) is 21.9 Å². The summed E-state index contributed by atoms with van der Waals surface area (Å²) >= 11 is 0. The van der Waals surface area contributed by atoms with E-state index in [0.717, 1.165) is 21.0 Å². The van der Waals surface area contributed by atoms with Gasteiger partial charge in [-0.25, -0.2) is 13.4 Å². The zero-order valence-corrected chi connectivity index (χ0v) is 18.3. The van der Waals surface area contributed by atoms with Gasteiger partial charge in [0.25, 0.3) is 0 Å². The Hall–Kier alpha value is -2.97. The molecule has 0 aliphatic rings. The number of sulfonamides is 1. The molecule has 0 aliphatic heterocycles. The third kappa shape index (κ3) is 4.60. The Balaban J connectivity index is 1.80.